The molecule has 0 fully saturated rings. The Morgan fingerprint density at radius 1 is 1.40 bits per heavy atom. The molecule has 0 aliphatic heterocycles. The minimum atomic E-state index is -0.132. The zero-order valence-corrected chi connectivity index (χ0v) is 12.0. The van der Waals surface area contributed by atoms with Gasteiger partial charge < -0.3 is 11.1 Å². The third kappa shape index (κ3) is 3.14. The average Bonchev–Trinajstić information content (AvgIpc) is 2.44. The van der Waals surface area contributed by atoms with E-state index in [4.69, 9.17) is 5.73 Å². The number of nitrogens with two attached hydrogens (primary N) is 1. The predicted molar refractivity (Wildman–Crippen MR) is 82.6 cm³/mol. The van der Waals surface area contributed by atoms with Gasteiger partial charge in [-0.1, -0.05) is 31.5 Å². The van der Waals surface area contributed by atoms with Crippen molar-refractivity contribution in [3.05, 3.63) is 36.0 Å². The molecule has 1 aromatic carbocycles. The zero-order chi connectivity index (χ0) is 14.5. The first-order valence-electron chi connectivity index (χ1n) is 7.03. The van der Waals surface area contributed by atoms with Gasteiger partial charge in [-0.15, -0.1) is 0 Å². The van der Waals surface area contributed by atoms with Crippen LogP contribution in [0.2, 0.25) is 0 Å². The topological polar surface area (TPSA) is 68.0 Å². The fraction of sp³-hybridized carbons (Fsp3) is 0.375. The SMILES string of the molecule is CCCC(CN)C(=O)Nc1cc(C)nc2ccccc12. The Kier molecular flexibility index (Phi) is 4.69. The van der Waals surface area contributed by atoms with E-state index in [1.54, 1.807) is 0 Å². The number of anilines is 1. The molecule has 20 heavy (non-hydrogen) atoms. The van der Waals surface area contributed by atoms with Crippen LogP contribution in [0.4, 0.5) is 5.69 Å². The Morgan fingerprint density at radius 2 is 2.15 bits per heavy atom. The van der Waals surface area contributed by atoms with Crippen molar-refractivity contribution in [2.24, 2.45) is 11.7 Å². The zero-order valence-electron chi connectivity index (χ0n) is 12.0. The van der Waals surface area contributed by atoms with Crippen LogP contribution in [0.25, 0.3) is 10.9 Å². The first-order chi connectivity index (χ1) is 9.65. The number of pyridine rings is 1. The van der Waals surface area contributed by atoms with Crippen molar-refractivity contribution in [3.63, 3.8) is 0 Å². The molecule has 1 heterocycles. The number of hydrogen-bond acceptors (Lipinski definition) is 3. The number of aromatic nitrogens is 1. The smallest absolute Gasteiger partial charge is 0.228 e. The number of benzene rings is 1. The molecular weight excluding hydrogens is 250 g/mol. The number of carbonyl (C=O) groups excluding carboxylic acids is 1. The van der Waals surface area contributed by atoms with E-state index in [0.29, 0.717) is 6.54 Å². The maximum absolute atomic E-state index is 12.3. The Hall–Kier alpha value is -1.94. The number of rotatable bonds is 5. The summed E-state index contributed by atoms with van der Waals surface area (Å²) in [6, 6.07) is 9.71. The van der Waals surface area contributed by atoms with E-state index in [1.165, 1.54) is 0 Å². The van der Waals surface area contributed by atoms with E-state index in [1.807, 2.05) is 37.3 Å². The van der Waals surface area contributed by atoms with Gasteiger partial charge in [0.1, 0.15) is 0 Å². The lowest BCUT2D eigenvalue weighted by Gasteiger charge is -2.15. The first-order valence-corrected chi connectivity index (χ1v) is 7.03. The Bertz CT molecular complexity index is 610. The molecule has 2 rings (SSSR count). The molecule has 1 unspecified atom stereocenters. The van der Waals surface area contributed by atoms with Gasteiger partial charge in [-0.25, -0.2) is 0 Å². The van der Waals surface area contributed by atoms with Crippen LogP contribution in [0.15, 0.2) is 30.3 Å². The third-order valence-electron chi connectivity index (χ3n) is 3.39. The van der Waals surface area contributed by atoms with Crippen LogP contribution >= 0.6 is 0 Å². The highest BCUT2D eigenvalue weighted by atomic mass is 16.1. The molecular formula is C16H21N3O. The molecule has 1 atom stereocenters. The molecule has 4 nitrogen and oxygen atoms in total. The summed E-state index contributed by atoms with van der Waals surface area (Å²) in [7, 11) is 0. The number of fused-ring (bicyclic) bond motifs is 1. The second-order valence-electron chi connectivity index (χ2n) is 5.04. The lowest BCUT2D eigenvalue weighted by Crippen LogP contribution is -2.29. The predicted octanol–water partition coefficient (Wildman–Crippen LogP) is 2.86. The Balaban J connectivity index is 2.31. The van der Waals surface area contributed by atoms with Gasteiger partial charge in [0.25, 0.3) is 0 Å². The van der Waals surface area contributed by atoms with E-state index >= 15 is 0 Å². The van der Waals surface area contributed by atoms with E-state index in [-0.39, 0.29) is 11.8 Å². The van der Waals surface area contributed by atoms with Gasteiger partial charge in [0.15, 0.2) is 0 Å². The summed E-state index contributed by atoms with van der Waals surface area (Å²) in [5.74, 6) is -0.141. The van der Waals surface area contributed by atoms with Crippen LogP contribution in [-0.4, -0.2) is 17.4 Å². The average molecular weight is 271 g/mol. The van der Waals surface area contributed by atoms with Crippen LogP contribution in [0, 0.1) is 12.8 Å². The van der Waals surface area contributed by atoms with Gasteiger partial charge >= 0.3 is 0 Å². The summed E-state index contributed by atoms with van der Waals surface area (Å²) in [5, 5.41) is 3.96. The monoisotopic (exact) mass is 271 g/mol. The summed E-state index contributed by atoms with van der Waals surface area (Å²) < 4.78 is 0. The molecule has 2 aromatic rings. The van der Waals surface area contributed by atoms with Gasteiger partial charge in [0.05, 0.1) is 17.1 Å². The van der Waals surface area contributed by atoms with E-state index in [2.05, 4.69) is 17.2 Å². The second-order valence-corrected chi connectivity index (χ2v) is 5.04. The van der Waals surface area contributed by atoms with Crippen LogP contribution in [0.5, 0.6) is 0 Å². The highest BCUT2D eigenvalue weighted by Crippen LogP contribution is 2.23. The molecule has 106 valence electrons. The van der Waals surface area contributed by atoms with Gasteiger partial charge in [0, 0.05) is 17.6 Å². The first kappa shape index (κ1) is 14.5. The van der Waals surface area contributed by atoms with Gasteiger partial charge in [-0.3, -0.25) is 9.78 Å². The summed E-state index contributed by atoms with van der Waals surface area (Å²) in [6.07, 6.45) is 1.76. The summed E-state index contributed by atoms with van der Waals surface area (Å²) in [6.45, 7) is 4.36. The molecule has 0 aliphatic carbocycles. The highest BCUT2D eigenvalue weighted by molar-refractivity contribution is 6.01. The normalized spacial score (nSPS) is 12.3. The van der Waals surface area contributed by atoms with Crippen molar-refractivity contribution in [2.45, 2.75) is 26.7 Å². The number of nitrogens with one attached hydrogen (secondary N) is 1. The molecule has 1 amide bonds. The van der Waals surface area contributed by atoms with Crippen molar-refractivity contribution in [1.29, 1.82) is 0 Å². The number of hydrogen-bond donors (Lipinski definition) is 2. The highest BCUT2D eigenvalue weighted by Gasteiger charge is 2.17. The van der Waals surface area contributed by atoms with Crippen molar-refractivity contribution in [3.8, 4) is 0 Å². The Morgan fingerprint density at radius 3 is 2.85 bits per heavy atom. The number of aryl methyl sites for hydroxylation is 1. The number of carbonyl (C=O) groups is 1. The standard InChI is InChI=1S/C16H21N3O/c1-3-6-12(10-17)16(20)19-15-9-11(2)18-14-8-5-4-7-13(14)15/h4-5,7-9,12H,3,6,10,17H2,1-2H3,(H,18,19,20). The van der Waals surface area contributed by atoms with Crippen LogP contribution in [0.3, 0.4) is 0 Å². The van der Waals surface area contributed by atoms with Crippen LogP contribution < -0.4 is 11.1 Å². The lowest BCUT2D eigenvalue weighted by atomic mass is 10.0. The Labute approximate surface area is 119 Å². The molecule has 0 spiro atoms. The lowest BCUT2D eigenvalue weighted by molar-refractivity contribution is -0.119. The van der Waals surface area contributed by atoms with Gasteiger partial charge in [-0.05, 0) is 25.5 Å². The number of para-hydroxylation sites is 1. The van der Waals surface area contributed by atoms with Crippen LogP contribution in [-0.2, 0) is 4.79 Å². The molecule has 0 saturated carbocycles. The minimum Gasteiger partial charge on any atom is -0.330 e. The van der Waals surface area contributed by atoms with Crippen molar-refractivity contribution < 1.29 is 4.79 Å². The quantitative estimate of drug-likeness (QED) is 0.878. The number of nitrogens with zero attached hydrogens (tertiary/aromatic N) is 1. The molecule has 0 bridgehead atoms. The van der Waals surface area contributed by atoms with E-state index in [0.717, 1.165) is 35.1 Å². The molecule has 1 aromatic heterocycles. The molecule has 0 aliphatic rings. The summed E-state index contributed by atoms with van der Waals surface area (Å²) in [5.41, 5.74) is 8.27. The summed E-state index contributed by atoms with van der Waals surface area (Å²) in [4.78, 5) is 16.7. The van der Waals surface area contributed by atoms with E-state index in [9.17, 15) is 4.79 Å². The molecule has 3 N–H and O–H groups in total. The largest absolute Gasteiger partial charge is 0.330 e. The van der Waals surface area contributed by atoms with Gasteiger partial charge in [0.2, 0.25) is 5.91 Å². The second kappa shape index (κ2) is 6.48. The minimum absolute atomic E-state index is 0.00916. The fourth-order valence-electron chi connectivity index (χ4n) is 2.35. The van der Waals surface area contributed by atoms with Gasteiger partial charge in [-0.2, -0.15) is 0 Å². The molecule has 4 heteroatoms. The van der Waals surface area contributed by atoms with Crippen molar-refractivity contribution in [2.75, 3.05) is 11.9 Å². The molecule has 0 saturated heterocycles. The fourth-order valence-corrected chi connectivity index (χ4v) is 2.35. The van der Waals surface area contributed by atoms with Crippen molar-refractivity contribution in [1.82, 2.24) is 4.98 Å². The van der Waals surface area contributed by atoms with E-state index < -0.39 is 0 Å². The maximum Gasteiger partial charge on any atom is 0.228 e. The van der Waals surface area contributed by atoms with Crippen molar-refractivity contribution >= 4 is 22.5 Å². The number of amides is 1. The summed E-state index contributed by atoms with van der Waals surface area (Å²) >= 11 is 0. The molecule has 0 radical (unpaired) electrons. The maximum atomic E-state index is 12.3. The third-order valence-corrected chi connectivity index (χ3v) is 3.39. The van der Waals surface area contributed by atoms with Crippen LogP contribution in [0.1, 0.15) is 25.5 Å².